The Morgan fingerprint density at radius 3 is 2.47 bits per heavy atom. The van der Waals surface area contributed by atoms with Crippen molar-refractivity contribution in [3.63, 3.8) is 0 Å². The maximum Gasteiger partial charge on any atom is 0.247 e. The highest BCUT2D eigenvalue weighted by Crippen LogP contribution is 2.30. The highest BCUT2D eigenvalue weighted by molar-refractivity contribution is 5.94. The lowest BCUT2D eigenvalue weighted by molar-refractivity contribution is -0.121. The summed E-state index contributed by atoms with van der Waals surface area (Å²) in [4.78, 5) is 13.5. The van der Waals surface area contributed by atoms with Crippen molar-refractivity contribution in [2.45, 2.75) is 19.4 Å². The molecule has 78 valence electrons. The van der Waals surface area contributed by atoms with Crippen LogP contribution in [0, 0.1) is 0 Å². The zero-order valence-electron chi connectivity index (χ0n) is 9.10. The largest absolute Gasteiger partial charge is 0.330 e. The molecule has 0 aromatic heterocycles. The van der Waals surface area contributed by atoms with E-state index < -0.39 is 0 Å². The van der Waals surface area contributed by atoms with E-state index in [1.165, 1.54) is 0 Å². The minimum absolute atomic E-state index is 0.0676. The molecule has 2 nitrogen and oxygen atoms in total. The number of amides is 1. The van der Waals surface area contributed by atoms with Crippen LogP contribution in [-0.4, -0.2) is 22.9 Å². The van der Waals surface area contributed by atoms with Gasteiger partial charge in [-0.15, -0.1) is 0 Å². The van der Waals surface area contributed by atoms with Crippen molar-refractivity contribution in [3.05, 3.63) is 42.0 Å². The van der Waals surface area contributed by atoms with Crippen LogP contribution in [0.1, 0.15) is 19.4 Å². The summed E-state index contributed by atoms with van der Waals surface area (Å²) >= 11 is 0. The summed E-state index contributed by atoms with van der Waals surface area (Å²) in [5.41, 5.74) is 1.13. The van der Waals surface area contributed by atoms with Crippen molar-refractivity contribution in [3.8, 4) is 0 Å². The van der Waals surface area contributed by atoms with Crippen LogP contribution >= 0.6 is 0 Å². The van der Waals surface area contributed by atoms with Crippen molar-refractivity contribution < 1.29 is 4.79 Å². The fourth-order valence-corrected chi connectivity index (χ4v) is 1.55. The molecule has 0 unspecified atom stereocenters. The summed E-state index contributed by atoms with van der Waals surface area (Å²) in [5, 5.41) is 0. The van der Waals surface area contributed by atoms with E-state index in [-0.39, 0.29) is 11.4 Å². The standard InChI is InChI=1S/C13H15NO/c1-13(2)10-14(13)12(15)9-8-11-6-4-3-5-7-11/h3-9H,10H2,1-2H3. The average molecular weight is 201 g/mol. The monoisotopic (exact) mass is 201 g/mol. The molecule has 2 rings (SSSR count). The predicted octanol–water partition coefficient (Wildman–Crippen LogP) is 2.32. The van der Waals surface area contributed by atoms with Gasteiger partial charge in [0.25, 0.3) is 0 Å². The van der Waals surface area contributed by atoms with E-state index in [9.17, 15) is 4.79 Å². The van der Waals surface area contributed by atoms with Crippen LogP contribution in [0.2, 0.25) is 0 Å². The Bertz CT molecular complexity index is 392. The lowest BCUT2D eigenvalue weighted by Gasteiger charge is -2.02. The first-order chi connectivity index (χ1) is 7.09. The molecule has 0 saturated carbocycles. The van der Waals surface area contributed by atoms with Gasteiger partial charge in [0.1, 0.15) is 0 Å². The van der Waals surface area contributed by atoms with Gasteiger partial charge in [-0.3, -0.25) is 4.79 Å². The molecule has 1 aromatic carbocycles. The number of benzene rings is 1. The van der Waals surface area contributed by atoms with Crippen LogP contribution in [0.15, 0.2) is 36.4 Å². The van der Waals surface area contributed by atoms with Crippen molar-refractivity contribution in [2.75, 3.05) is 6.54 Å². The van der Waals surface area contributed by atoms with Gasteiger partial charge in [-0.25, -0.2) is 0 Å². The van der Waals surface area contributed by atoms with E-state index in [0.717, 1.165) is 12.1 Å². The first kappa shape index (κ1) is 9.97. The van der Waals surface area contributed by atoms with Gasteiger partial charge >= 0.3 is 0 Å². The molecule has 0 radical (unpaired) electrons. The quantitative estimate of drug-likeness (QED) is 0.531. The Labute approximate surface area is 90.2 Å². The second kappa shape index (κ2) is 3.54. The summed E-state index contributed by atoms with van der Waals surface area (Å²) in [6.45, 7) is 5.01. The molecule has 1 heterocycles. The Kier molecular flexibility index (Phi) is 2.35. The smallest absolute Gasteiger partial charge is 0.247 e. The highest BCUT2D eigenvalue weighted by Gasteiger charge is 2.45. The Morgan fingerprint density at radius 1 is 1.33 bits per heavy atom. The third kappa shape index (κ3) is 2.27. The van der Waals surface area contributed by atoms with E-state index in [0.29, 0.717) is 0 Å². The second-order valence-electron chi connectivity index (χ2n) is 4.48. The summed E-state index contributed by atoms with van der Waals surface area (Å²) in [6, 6.07) is 9.86. The minimum Gasteiger partial charge on any atom is -0.330 e. The number of carbonyl (C=O) groups excluding carboxylic acids is 1. The first-order valence-corrected chi connectivity index (χ1v) is 5.14. The van der Waals surface area contributed by atoms with Crippen LogP contribution in [-0.2, 0) is 4.79 Å². The second-order valence-corrected chi connectivity index (χ2v) is 4.48. The maximum absolute atomic E-state index is 11.6. The van der Waals surface area contributed by atoms with Gasteiger partial charge in [0, 0.05) is 12.6 Å². The average Bonchev–Trinajstić information content (AvgIpc) is 2.86. The van der Waals surface area contributed by atoms with E-state index in [2.05, 4.69) is 13.8 Å². The molecule has 0 bridgehead atoms. The fraction of sp³-hybridized carbons (Fsp3) is 0.308. The predicted molar refractivity (Wildman–Crippen MR) is 61.3 cm³/mol. The molecule has 1 aromatic rings. The van der Waals surface area contributed by atoms with Gasteiger partial charge in [-0.05, 0) is 25.5 Å². The van der Waals surface area contributed by atoms with E-state index in [4.69, 9.17) is 0 Å². The minimum atomic E-state index is 0.0676. The molecule has 0 spiro atoms. The van der Waals surface area contributed by atoms with Gasteiger partial charge < -0.3 is 4.90 Å². The lowest BCUT2D eigenvalue weighted by Crippen LogP contribution is -2.15. The zero-order valence-corrected chi connectivity index (χ0v) is 9.10. The van der Waals surface area contributed by atoms with Gasteiger partial charge in [-0.1, -0.05) is 30.3 Å². The number of hydrogen-bond donors (Lipinski definition) is 0. The first-order valence-electron chi connectivity index (χ1n) is 5.14. The van der Waals surface area contributed by atoms with Gasteiger partial charge in [0.2, 0.25) is 5.91 Å². The summed E-state index contributed by atoms with van der Waals surface area (Å²) < 4.78 is 0. The SMILES string of the molecule is CC1(C)CN1C(=O)C=Cc1ccccc1. The Hall–Kier alpha value is -1.57. The topological polar surface area (TPSA) is 20.1 Å². The number of carbonyl (C=O) groups is 1. The van der Waals surface area contributed by atoms with Crippen LogP contribution < -0.4 is 0 Å². The molecule has 1 aliphatic heterocycles. The van der Waals surface area contributed by atoms with Crippen molar-refractivity contribution >= 4 is 12.0 Å². The molecule has 15 heavy (non-hydrogen) atoms. The molecular formula is C13H15NO. The summed E-state index contributed by atoms with van der Waals surface area (Å²) in [7, 11) is 0. The van der Waals surface area contributed by atoms with Gasteiger partial charge in [-0.2, -0.15) is 0 Å². The molecule has 1 fully saturated rings. The molecule has 0 N–H and O–H groups in total. The Morgan fingerprint density at radius 2 is 1.93 bits per heavy atom. The van der Waals surface area contributed by atoms with Gasteiger partial charge in [0.15, 0.2) is 0 Å². The van der Waals surface area contributed by atoms with Crippen molar-refractivity contribution in [1.29, 1.82) is 0 Å². The third-order valence-electron chi connectivity index (χ3n) is 2.66. The van der Waals surface area contributed by atoms with Gasteiger partial charge in [0.05, 0.1) is 5.54 Å². The molecule has 0 atom stereocenters. The van der Waals surface area contributed by atoms with E-state index >= 15 is 0 Å². The fourth-order valence-electron chi connectivity index (χ4n) is 1.55. The van der Waals surface area contributed by atoms with Crippen molar-refractivity contribution in [1.82, 2.24) is 4.90 Å². The molecule has 1 aliphatic rings. The zero-order chi connectivity index (χ0) is 10.9. The van der Waals surface area contributed by atoms with E-state index in [1.807, 2.05) is 41.3 Å². The van der Waals surface area contributed by atoms with E-state index in [1.54, 1.807) is 6.08 Å². The third-order valence-corrected chi connectivity index (χ3v) is 2.66. The number of hydrogen-bond acceptors (Lipinski definition) is 1. The van der Waals surface area contributed by atoms with Crippen LogP contribution in [0.5, 0.6) is 0 Å². The van der Waals surface area contributed by atoms with Crippen LogP contribution in [0.25, 0.3) is 6.08 Å². The lowest BCUT2D eigenvalue weighted by atomic mass is 10.2. The summed E-state index contributed by atoms with van der Waals surface area (Å²) in [6.07, 6.45) is 3.50. The molecule has 2 heteroatoms. The van der Waals surface area contributed by atoms with Crippen LogP contribution in [0.4, 0.5) is 0 Å². The molecular weight excluding hydrogens is 186 g/mol. The summed E-state index contributed by atoms with van der Waals surface area (Å²) in [5.74, 6) is 0.101. The van der Waals surface area contributed by atoms with Crippen molar-refractivity contribution in [2.24, 2.45) is 0 Å². The maximum atomic E-state index is 11.6. The molecule has 1 amide bonds. The van der Waals surface area contributed by atoms with Crippen LogP contribution in [0.3, 0.4) is 0 Å². The molecule has 0 aliphatic carbocycles. The normalized spacial score (nSPS) is 18.1. The number of rotatable bonds is 2. The number of nitrogens with zero attached hydrogens (tertiary/aromatic N) is 1. The Balaban J connectivity index is 1.99. The highest BCUT2D eigenvalue weighted by atomic mass is 16.2. The molecule has 1 saturated heterocycles.